The molecule has 1 aromatic rings. The highest BCUT2D eigenvalue weighted by atomic mass is 16.8. The fourth-order valence-corrected chi connectivity index (χ4v) is 2.08. The second-order valence-corrected chi connectivity index (χ2v) is 5.10. The molecule has 1 heterocycles. The van der Waals surface area contributed by atoms with Crippen LogP contribution in [-0.2, 0) is 9.57 Å². The maximum absolute atomic E-state index is 9.75. The van der Waals surface area contributed by atoms with Crippen LogP contribution in [0.2, 0.25) is 0 Å². The quantitative estimate of drug-likeness (QED) is 0.350. The van der Waals surface area contributed by atoms with E-state index in [0.29, 0.717) is 5.56 Å². The lowest BCUT2D eigenvalue weighted by Gasteiger charge is -2.38. The van der Waals surface area contributed by atoms with Gasteiger partial charge in [0.25, 0.3) is 6.29 Å². The zero-order chi connectivity index (χ0) is 16.3. The summed E-state index contributed by atoms with van der Waals surface area (Å²) in [6.07, 6.45) is -5.70. The molecule has 3 unspecified atom stereocenters. The third kappa shape index (κ3) is 3.54. The molecule has 0 radical (unpaired) electrons. The SMILES string of the molecule is Cc1ccc(O)c(/C=N/O[C@@H]2OC(CO)C(O)[C@H](O)C2O)c1. The van der Waals surface area contributed by atoms with E-state index in [1.165, 1.54) is 12.3 Å². The van der Waals surface area contributed by atoms with E-state index in [1.54, 1.807) is 12.1 Å². The number of ether oxygens (including phenoxy) is 1. The first-order valence-corrected chi connectivity index (χ1v) is 6.73. The molecule has 0 aromatic heterocycles. The monoisotopic (exact) mass is 313 g/mol. The average molecular weight is 313 g/mol. The van der Waals surface area contributed by atoms with E-state index in [2.05, 4.69) is 5.16 Å². The van der Waals surface area contributed by atoms with E-state index in [9.17, 15) is 20.4 Å². The van der Waals surface area contributed by atoms with Gasteiger partial charge in [-0.2, -0.15) is 0 Å². The van der Waals surface area contributed by atoms with Crippen molar-refractivity contribution in [3.8, 4) is 5.75 Å². The van der Waals surface area contributed by atoms with Crippen molar-refractivity contribution in [3.05, 3.63) is 29.3 Å². The van der Waals surface area contributed by atoms with Crippen LogP contribution >= 0.6 is 0 Å². The summed E-state index contributed by atoms with van der Waals surface area (Å²) in [4.78, 5) is 4.95. The highest BCUT2D eigenvalue weighted by Gasteiger charge is 2.44. The van der Waals surface area contributed by atoms with Gasteiger partial charge in [0.1, 0.15) is 30.2 Å². The number of phenolic OH excluding ortho intramolecular Hbond substituents is 1. The number of aliphatic hydroxyl groups excluding tert-OH is 4. The molecule has 0 amide bonds. The van der Waals surface area contributed by atoms with Crippen LogP contribution < -0.4 is 0 Å². The van der Waals surface area contributed by atoms with E-state index in [1.807, 2.05) is 6.92 Å². The number of nitrogens with zero attached hydrogens (tertiary/aromatic N) is 1. The van der Waals surface area contributed by atoms with Gasteiger partial charge >= 0.3 is 0 Å². The van der Waals surface area contributed by atoms with Crippen molar-refractivity contribution in [2.24, 2.45) is 5.16 Å². The van der Waals surface area contributed by atoms with Gasteiger partial charge in [-0.15, -0.1) is 0 Å². The predicted molar refractivity (Wildman–Crippen MR) is 75.3 cm³/mol. The van der Waals surface area contributed by atoms with Gasteiger partial charge in [0.05, 0.1) is 12.8 Å². The highest BCUT2D eigenvalue weighted by molar-refractivity contribution is 5.83. The molecule has 22 heavy (non-hydrogen) atoms. The lowest BCUT2D eigenvalue weighted by molar-refractivity contribution is -0.301. The third-order valence-corrected chi connectivity index (χ3v) is 3.39. The molecule has 0 bridgehead atoms. The Labute approximate surface area is 126 Å². The van der Waals surface area contributed by atoms with Crippen LogP contribution in [0.15, 0.2) is 23.4 Å². The van der Waals surface area contributed by atoms with Gasteiger partial charge in [0, 0.05) is 5.56 Å². The van der Waals surface area contributed by atoms with E-state index < -0.39 is 37.3 Å². The molecule has 5 atom stereocenters. The number of oxime groups is 1. The topological polar surface area (TPSA) is 132 Å². The van der Waals surface area contributed by atoms with Crippen LogP contribution in [0.1, 0.15) is 11.1 Å². The lowest BCUT2D eigenvalue weighted by atomic mass is 9.99. The minimum atomic E-state index is -1.53. The van der Waals surface area contributed by atoms with Crippen LogP contribution in [0.5, 0.6) is 5.75 Å². The minimum absolute atomic E-state index is 0.00625. The van der Waals surface area contributed by atoms with E-state index in [-0.39, 0.29) is 5.75 Å². The molecular formula is C14H19NO7. The van der Waals surface area contributed by atoms with Gasteiger partial charge in [-0.3, -0.25) is 0 Å². The number of aryl methyl sites for hydroxylation is 1. The summed E-state index contributed by atoms with van der Waals surface area (Å²) in [6, 6.07) is 4.91. The van der Waals surface area contributed by atoms with Crippen molar-refractivity contribution >= 4 is 6.21 Å². The lowest BCUT2D eigenvalue weighted by Crippen LogP contribution is -2.58. The van der Waals surface area contributed by atoms with Crippen LogP contribution in [0, 0.1) is 6.92 Å². The van der Waals surface area contributed by atoms with Gasteiger partial charge in [0.15, 0.2) is 0 Å². The fourth-order valence-electron chi connectivity index (χ4n) is 2.08. The Kier molecular flexibility index (Phi) is 5.33. The Bertz CT molecular complexity index is 534. The predicted octanol–water partition coefficient (Wildman–Crippen LogP) is -1.15. The number of aliphatic hydroxyl groups is 4. The molecule has 0 spiro atoms. The normalized spacial score (nSPS) is 32.3. The van der Waals surface area contributed by atoms with E-state index >= 15 is 0 Å². The Morgan fingerprint density at radius 3 is 2.64 bits per heavy atom. The molecule has 2 rings (SSSR count). The second-order valence-electron chi connectivity index (χ2n) is 5.10. The van der Waals surface area contributed by atoms with E-state index in [4.69, 9.17) is 14.7 Å². The summed E-state index contributed by atoms with van der Waals surface area (Å²) in [6.45, 7) is 1.29. The minimum Gasteiger partial charge on any atom is -0.507 e. The molecule has 1 aliphatic rings. The fraction of sp³-hybridized carbons (Fsp3) is 0.500. The molecule has 1 fully saturated rings. The molecule has 0 aliphatic carbocycles. The largest absolute Gasteiger partial charge is 0.507 e. The highest BCUT2D eigenvalue weighted by Crippen LogP contribution is 2.22. The van der Waals surface area contributed by atoms with Crippen molar-refractivity contribution in [3.63, 3.8) is 0 Å². The van der Waals surface area contributed by atoms with Gasteiger partial charge in [0.2, 0.25) is 0 Å². The standard InChI is InChI=1S/C14H19NO7/c1-7-2-3-9(17)8(4-7)5-15-22-14-13(20)12(19)11(18)10(6-16)21-14/h2-5,10-14,16-20H,6H2,1H3/b15-5+/t10?,11?,12-,13?,14-/m0/s1. The summed E-state index contributed by atoms with van der Waals surface area (Å²) in [5.74, 6) is 0.00625. The number of phenols is 1. The summed E-state index contributed by atoms with van der Waals surface area (Å²) in [5, 5.41) is 51.3. The zero-order valence-corrected chi connectivity index (χ0v) is 11.9. The Morgan fingerprint density at radius 2 is 1.95 bits per heavy atom. The molecule has 1 saturated heterocycles. The summed E-state index contributed by atoms with van der Waals surface area (Å²) in [7, 11) is 0. The Hall–Kier alpha value is -1.71. The number of aromatic hydroxyl groups is 1. The van der Waals surface area contributed by atoms with Gasteiger partial charge < -0.3 is 35.1 Å². The molecule has 0 saturated carbocycles. The van der Waals surface area contributed by atoms with Crippen molar-refractivity contribution < 1.29 is 35.1 Å². The zero-order valence-electron chi connectivity index (χ0n) is 11.9. The van der Waals surface area contributed by atoms with Crippen molar-refractivity contribution in [2.45, 2.75) is 37.6 Å². The molecule has 1 aliphatic heterocycles. The second kappa shape index (κ2) is 7.03. The number of rotatable bonds is 4. The maximum atomic E-state index is 9.75. The summed E-state index contributed by atoms with van der Waals surface area (Å²) >= 11 is 0. The van der Waals surface area contributed by atoms with Crippen LogP contribution in [0.4, 0.5) is 0 Å². The van der Waals surface area contributed by atoms with Crippen LogP contribution in [0.3, 0.4) is 0 Å². The van der Waals surface area contributed by atoms with Gasteiger partial charge in [-0.1, -0.05) is 16.8 Å². The maximum Gasteiger partial charge on any atom is 0.256 e. The molecule has 5 N–H and O–H groups in total. The van der Waals surface area contributed by atoms with Crippen molar-refractivity contribution in [2.75, 3.05) is 6.61 Å². The molecule has 1 aromatic carbocycles. The van der Waals surface area contributed by atoms with Crippen LogP contribution in [0.25, 0.3) is 0 Å². The average Bonchev–Trinajstić information content (AvgIpc) is 2.50. The first kappa shape index (κ1) is 16.7. The van der Waals surface area contributed by atoms with Crippen molar-refractivity contribution in [1.82, 2.24) is 0 Å². The molecule has 8 heteroatoms. The Morgan fingerprint density at radius 1 is 1.23 bits per heavy atom. The van der Waals surface area contributed by atoms with Crippen LogP contribution in [-0.4, -0.2) is 69.1 Å². The van der Waals surface area contributed by atoms with Gasteiger partial charge in [-0.25, -0.2) is 0 Å². The number of hydrogen-bond acceptors (Lipinski definition) is 8. The third-order valence-electron chi connectivity index (χ3n) is 3.39. The Balaban J connectivity index is 2.03. The van der Waals surface area contributed by atoms with E-state index in [0.717, 1.165) is 5.56 Å². The first-order chi connectivity index (χ1) is 10.4. The number of benzene rings is 1. The molecule has 8 nitrogen and oxygen atoms in total. The molecule has 122 valence electrons. The smallest absolute Gasteiger partial charge is 0.256 e. The first-order valence-electron chi connectivity index (χ1n) is 6.73. The van der Waals surface area contributed by atoms with Gasteiger partial charge in [-0.05, 0) is 19.1 Å². The molecular weight excluding hydrogens is 294 g/mol. The number of hydrogen-bond donors (Lipinski definition) is 5. The summed E-state index contributed by atoms with van der Waals surface area (Å²) < 4.78 is 5.11. The van der Waals surface area contributed by atoms with Crippen molar-refractivity contribution in [1.29, 1.82) is 0 Å². The summed E-state index contributed by atoms with van der Waals surface area (Å²) in [5.41, 5.74) is 1.32.